The van der Waals surface area contributed by atoms with Crippen LogP contribution in [-0.2, 0) is 19.2 Å². The Labute approximate surface area is 108 Å². The van der Waals surface area contributed by atoms with Crippen molar-refractivity contribution in [2.45, 2.75) is 19.8 Å². The molecule has 19 heavy (non-hydrogen) atoms. The Kier molecular flexibility index (Phi) is 5.03. The average Bonchev–Trinajstić information content (AvgIpc) is 2.67. The van der Waals surface area contributed by atoms with Gasteiger partial charge in [-0.3, -0.25) is 14.4 Å². The maximum absolute atomic E-state index is 11.3. The van der Waals surface area contributed by atoms with Crippen LogP contribution in [0.25, 0.3) is 0 Å². The molecule has 1 fully saturated rings. The zero-order valence-electron chi connectivity index (χ0n) is 10.3. The highest BCUT2D eigenvalue weighted by molar-refractivity contribution is 6.01. The number of aliphatic carboxylic acids is 1. The Morgan fingerprint density at radius 1 is 1.53 bits per heavy atom. The Morgan fingerprint density at radius 3 is 2.58 bits per heavy atom. The van der Waals surface area contributed by atoms with Crippen LogP contribution in [0.4, 0.5) is 0 Å². The van der Waals surface area contributed by atoms with E-state index in [1.165, 1.54) is 0 Å². The molecular weight excluding hydrogens is 260 g/mol. The maximum Gasteiger partial charge on any atom is 0.329 e. The number of carboxylic acids is 1. The largest absolute Gasteiger partial charge is 0.569 e. The van der Waals surface area contributed by atoms with E-state index in [-0.39, 0.29) is 24.4 Å². The highest BCUT2D eigenvalue weighted by atomic mass is 16.7. The van der Waals surface area contributed by atoms with Gasteiger partial charge >= 0.3 is 5.97 Å². The number of amides is 2. The molecule has 0 aromatic carbocycles. The van der Waals surface area contributed by atoms with E-state index in [0.29, 0.717) is 0 Å². The van der Waals surface area contributed by atoms with E-state index in [1.54, 1.807) is 6.92 Å². The van der Waals surface area contributed by atoms with Crippen molar-refractivity contribution in [1.82, 2.24) is 9.91 Å². The first-order valence-electron chi connectivity index (χ1n) is 5.55. The molecule has 0 aliphatic carbocycles. The molecule has 1 N–H and O–H groups in total. The molecule has 0 saturated carbocycles. The third kappa shape index (κ3) is 4.08. The van der Waals surface area contributed by atoms with Crippen LogP contribution in [0.15, 0.2) is 5.28 Å². The minimum absolute atomic E-state index is 0.0286. The lowest BCUT2D eigenvalue weighted by molar-refractivity contribution is -0.708. The molecule has 0 spiro atoms. The van der Waals surface area contributed by atoms with E-state index in [1.807, 2.05) is 0 Å². The Morgan fingerprint density at radius 2 is 2.11 bits per heavy atom. The molecule has 10 nitrogen and oxygen atoms in total. The number of hydrogen-bond donors (Lipinski definition) is 1. The zero-order chi connectivity index (χ0) is 14.4. The summed E-state index contributed by atoms with van der Waals surface area (Å²) in [5, 5.41) is 23.8. The van der Waals surface area contributed by atoms with Crippen LogP contribution < -0.4 is 0 Å². The van der Waals surface area contributed by atoms with Crippen LogP contribution in [0, 0.1) is 5.21 Å². The van der Waals surface area contributed by atoms with Crippen molar-refractivity contribution in [2.75, 3.05) is 19.8 Å². The van der Waals surface area contributed by atoms with E-state index in [0.717, 1.165) is 9.91 Å². The molecular formula is C9H14N4O6. The summed E-state index contributed by atoms with van der Waals surface area (Å²) in [4.78, 5) is 38.2. The third-order valence-corrected chi connectivity index (χ3v) is 2.39. The summed E-state index contributed by atoms with van der Waals surface area (Å²) in [5.41, 5.74) is 0. The molecule has 106 valence electrons. The summed E-state index contributed by atoms with van der Waals surface area (Å²) in [6, 6.07) is 0. The van der Waals surface area contributed by atoms with Crippen molar-refractivity contribution >= 4 is 17.8 Å². The third-order valence-electron chi connectivity index (χ3n) is 2.39. The molecule has 1 saturated heterocycles. The van der Waals surface area contributed by atoms with Crippen molar-refractivity contribution in [3.8, 4) is 0 Å². The van der Waals surface area contributed by atoms with Crippen LogP contribution >= 0.6 is 0 Å². The molecule has 0 atom stereocenters. The predicted molar refractivity (Wildman–Crippen MR) is 58.0 cm³/mol. The minimum Gasteiger partial charge on any atom is -0.569 e. The van der Waals surface area contributed by atoms with Gasteiger partial charge in [0.25, 0.3) is 0 Å². The number of carbonyl (C=O) groups is 3. The number of hydrazine groups is 1. The van der Waals surface area contributed by atoms with Gasteiger partial charge < -0.3 is 15.2 Å². The van der Waals surface area contributed by atoms with Crippen LogP contribution in [0.2, 0.25) is 0 Å². The van der Waals surface area contributed by atoms with Crippen LogP contribution in [-0.4, -0.2) is 57.6 Å². The van der Waals surface area contributed by atoms with Gasteiger partial charge in [-0.15, -0.1) is 5.01 Å². The molecule has 1 heterocycles. The second kappa shape index (κ2) is 6.52. The van der Waals surface area contributed by atoms with Crippen LogP contribution in [0.3, 0.4) is 0 Å². The quantitative estimate of drug-likeness (QED) is 0.282. The lowest BCUT2D eigenvalue weighted by Gasteiger charge is -2.14. The summed E-state index contributed by atoms with van der Waals surface area (Å²) in [5.74, 6) is -1.98. The van der Waals surface area contributed by atoms with Gasteiger partial charge in [0.2, 0.25) is 23.8 Å². The van der Waals surface area contributed by atoms with E-state index < -0.39 is 31.1 Å². The number of carbonyl (C=O) groups excluding carboxylic acids is 2. The van der Waals surface area contributed by atoms with Gasteiger partial charge in [-0.2, -0.15) is 0 Å². The molecule has 10 heteroatoms. The number of hydrogen-bond acceptors (Lipinski definition) is 6. The highest BCUT2D eigenvalue weighted by Gasteiger charge is 2.29. The molecule has 0 radical (unpaired) electrons. The van der Waals surface area contributed by atoms with Gasteiger partial charge in [0.05, 0.1) is 11.5 Å². The van der Waals surface area contributed by atoms with Gasteiger partial charge in [0.15, 0.2) is 6.54 Å². The molecule has 1 aliphatic heterocycles. The highest BCUT2D eigenvalue weighted by Crippen LogP contribution is 2.11. The molecule has 2 amide bonds. The first-order chi connectivity index (χ1) is 8.95. The molecule has 0 bridgehead atoms. The Hall–Kier alpha value is -2.39. The summed E-state index contributed by atoms with van der Waals surface area (Å²) in [6.45, 7) is 0.691. The van der Waals surface area contributed by atoms with Crippen molar-refractivity contribution in [2.24, 2.45) is 5.28 Å². The van der Waals surface area contributed by atoms with Crippen molar-refractivity contribution in [1.29, 1.82) is 0 Å². The first kappa shape index (κ1) is 14.7. The van der Waals surface area contributed by atoms with Crippen LogP contribution in [0.5, 0.6) is 0 Å². The average molecular weight is 274 g/mol. The van der Waals surface area contributed by atoms with Crippen molar-refractivity contribution in [3.05, 3.63) is 5.21 Å². The number of likely N-dealkylation sites (N-methyl/N-ethyl adjacent to an activating group) is 1. The van der Waals surface area contributed by atoms with Crippen LogP contribution in [0.1, 0.15) is 19.8 Å². The number of rotatable bonds is 7. The lowest BCUT2D eigenvalue weighted by atomic mass is 10.4. The van der Waals surface area contributed by atoms with Crippen molar-refractivity contribution < 1.29 is 29.3 Å². The Balaban J connectivity index is 2.48. The fourth-order valence-electron chi connectivity index (χ4n) is 1.40. The summed E-state index contributed by atoms with van der Waals surface area (Å²) >= 11 is 0. The summed E-state index contributed by atoms with van der Waals surface area (Å²) in [6.07, 6.45) is 0.229. The monoisotopic (exact) mass is 274 g/mol. The normalized spacial score (nSPS) is 15.8. The van der Waals surface area contributed by atoms with Gasteiger partial charge in [0.1, 0.15) is 0 Å². The van der Waals surface area contributed by atoms with E-state index in [9.17, 15) is 19.6 Å². The zero-order valence-corrected chi connectivity index (χ0v) is 10.3. The SMILES string of the molecule is CCN(CC(=O)O)/[N+]([O-])=N/OCN1C(=O)CCC1=O. The smallest absolute Gasteiger partial charge is 0.329 e. The molecule has 1 aliphatic rings. The maximum atomic E-state index is 11.3. The fraction of sp³-hybridized carbons (Fsp3) is 0.667. The van der Waals surface area contributed by atoms with E-state index >= 15 is 0 Å². The Bertz CT molecular complexity index is 394. The second-order valence-electron chi connectivity index (χ2n) is 3.68. The standard InChI is InChI=1S/C9H14N4O6/c1-2-11(5-9(16)17)13(18)10-19-6-12-7(14)3-4-8(12)15/h2-6H2,1H3,(H,16,17)/b13-10-. The lowest BCUT2D eigenvalue weighted by Crippen LogP contribution is -2.36. The van der Waals surface area contributed by atoms with E-state index in [4.69, 9.17) is 5.11 Å². The predicted octanol–water partition coefficient (Wildman–Crippen LogP) is -0.691. The second-order valence-corrected chi connectivity index (χ2v) is 3.68. The van der Waals surface area contributed by atoms with Gasteiger partial charge in [-0.05, 0) is 6.92 Å². The van der Waals surface area contributed by atoms with E-state index in [2.05, 4.69) is 10.1 Å². The summed E-state index contributed by atoms with van der Waals surface area (Å²) in [7, 11) is 0. The topological polar surface area (TPSA) is 126 Å². The first-order valence-corrected chi connectivity index (χ1v) is 5.55. The summed E-state index contributed by atoms with van der Waals surface area (Å²) < 4.78 is 0. The fourth-order valence-corrected chi connectivity index (χ4v) is 1.40. The molecule has 0 aromatic rings. The molecule has 1 rings (SSSR count). The van der Waals surface area contributed by atoms with Crippen molar-refractivity contribution in [3.63, 3.8) is 0 Å². The number of imide groups is 1. The number of carboxylic acid groups (broad SMARTS) is 1. The minimum atomic E-state index is -1.19. The van der Waals surface area contributed by atoms with Gasteiger partial charge in [-0.25, -0.2) is 4.90 Å². The molecule has 0 unspecified atom stereocenters. The van der Waals surface area contributed by atoms with Gasteiger partial charge in [0, 0.05) is 12.8 Å². The van der Waals surface area contributed by atoms with Gasteiger partial charge in [-0.1, -0.05) is 0 Å². The molecule has 0 aromatic heterocycles. The number of nitrogens with zero attached hydrogens (tertiary/aromatic N) is 4. The number of likely N-dealkylation sites (tertiary alicyclic amines) is 1.